The number of rotatable bonds is 3. The van der Waals surface area contributed by atoms with E-state index in [1.807, 2.05) is 6.07 Å². The fourth-order valence-corrected chi connectivity index (χ4v) is 3.42. The molecule has 0 amide bonds. The number of ketones is 1. The van der Waals surface area contributed by atoms with Crippen LogP contribution in [0, 0.1) is 34.9 Å². The van der Waals surface area contributed by atoms with E-state index in [1.165, 1.54) is 12.1 Å². The van der Waals surface area contributed by atoms with Gasteiger partial charge in [0, 0.05) is 29.3 Å². The molecule has 1 N–H and O–H groups in total. The maximum atomic E-state index is 14.1. The number of aliphatic hydroxyl groups is 1. The summed E-state index contributed by atoms with van der Waals surface area (Å²) in [5, 5.41) is 20.8. The number of nitrogens with zero attached hydrogens (tertiary/aromatic N) is 3. The number of nitriles is 1. The van der Waals surface area contributed by atoms with Crippen molar-refractivity contribution in [1.82, 2.24) is 4.98 Å². The molecule has 0 aliphatic heterocycles. The highest BCUT2D eigenvalue weighted by Gasteiger charge is 2.47. The minimum Gasteiger partial charge on any atom is -0.379 e. The monoisotopic (exact) mass is 379 g/mol. The summed E-state index contributed by atoms with van der Waals surface area (Å²) in [5.41, 5.74) is -0.976. The van der Waals surface area contributed by atoms with Crippen molar-refractivity contribution in [3.05, 3.63) is 46.6 Å². The molecule has 28 heavy (non-hydrogen) atoms. The van der Waals surface area contributed by atoms with Crippen LogP contribution < -0.4 is 0 Å². The molecule has 1 heterocycles. The topological polar surface area (TPSA) is 86.3 Å². The number of hydrogen-bond acceptors (Lipinski definition) is 5. The predicted octanol–water partition coefficient (Wildman–Crippen LogP) is 3.35. The highest BCUT2D eigenvalue weighted by Crippen LogP contribution is 2.44. The van der Waals surface area contributed by atoms with Crippen molar-refractivity contribution in [2.75, 3.05) is 7.05 Å². The van der Waals surface area contributed by atoms with Crippen molar-refractivity contribution in [2.45, 2.75) is 39.7 Å². The zero-order valence-corrected chi connectivity index (χ0v) is 16.6. The summed E-state index contributed by atoms with van der Waals surface area (Å²) in [6.45, 7) is 6.81. The fourth-order valence-electron chi connectivity index (χ4n) is 3.42. The first-order chi connectivity index (χ1) is 13.0. The molecular weight excluding hydrogens is 357 g/mol. The molecule has 0 saturated carbocycles. The Morgan fingerprint density at radius 2 is 2.07 bits per heavy atom. The molecule has 0 bridgehead atoms. The minimum absolute atomic E-state index is 0.0204. The van der Waals surface area contributed by atoms with E-state index < -0.39 is 16.8 Å². The van der Waals surface area contributed by atoms with Gasteiger partial charge in [-0.3, -0.25) is 14.8 Å². The molecule has 1 unspecified atom stereocenters. The van der Waals surface area contributed by atoms with Gasteiger partial charge in [-0.25, -0.2) is 4.39 Å². The molecule has 0 saturated heterocycles. The molecule has 1 aliphatic carbocycles. The van der Waals surface area contributed by atoms with E-state index in [4.69, 9.17) is 6.42 Å². The van der Waals surface area contributed by atoms with Gasteiger partial charge in [-0.05, 0) is 38.0 Å². The van der Waals surface area contributed by atoms with E-state index in [0.717, 1.165) is 6.20 Å². The number of allylic oxidation sites excluding steroid dienone is 3. The third kappa shape index (κ3) is 3.65. The van der Waals surface area contributed by atoms with E-state index in [-0.39, 0.29) is 29.0 Å². The van der Waals surface area contributed by atoms with Gasteiger partial charge in [-0.2, -0.15) is 5.26 Å². The molecule has 5 nitrogen and oxygen atoms in total. The number of terminal acetylenes is 1. The lowest BCUT2D eigenvalue weighted by Crippen LogP contribution is -2.42. The number of hydrogen-bond donors (Lipinski definition) is 1. The van der Waals surface area contributed by atoms with Gasteiger partial charge >= 0.3 is 0 Å². The van der Waals surface area contributed by atoms with Gasteiger partial charge in [-0.1, -0.05) is 19.8 Å². The summed E-state index contributed by atoms with van der Waals surface area (Å²) in [6, 6.07) is 3.04. The van der Waals surface area contributed by atoms with Gasteiger partial charge < -0.3 is 5.11 Å². The lowest BCUT2D eigenvalue weighted by Gasteiger charge is -2.38. The van der Waals surface area contributed by atoms with Gasteiger partial charge in [0.25, 0.3) is 0 Å². The second-order valence-corrected chi connectivity index (χ2v) is 7.49. The van der Waals surface area contributed by atoms with Crippen LogP contribution in [0.4, 0.5) is 4.39 Å². The van der Waals surface area contributed by atoms with Gasteiger partial charge in [-0.15, -0.1) is 6.42 Å². The van der Waals surface area contributed by atoms with E-state index in [1.54, 1.807) is 34.7 Å². The zero-order valence-electron chi connectivity index (χ0n) is 16.6. The van der Waals surface area contributed by atoms with E-state index in [9.17, 15) is 19.6 Å². The second-order valence-electron chi connectivity index (χ2n) is 7.49. The molecule has 1 aromatic rings. The molecule has 0 fully saturated rings. The third-order valence-corrected chi connectivity index (χ3v) is 5.01. The van der Waals surface area contributed by atoms with Gasteiger partial charge in [0.1, 0.15) is 17.5 Å². The van der Waals surface area contributed by atoms with Crippen molar-refractivity contribution in [2.24, 2.45) is 10.4 Å². The van der Waals surface area contributed by atoms with Crippen LogP contribution in [0.1, 0.15) is 45.4 Å². The molecule has 2 rings (SSSR count). The summed E-state index contributed by atoms with van der Waals surface area (Å²) >= 11 is 0. The van der Waals surface area contributed by atoms with Crippen LogP contribution in [0.25, 0.3) is 5.57 Å². The lowest BCUT2D eigenvalue weighted by atomic mass is 9.68. The highest BCUT2D eigenvalue weighted by molar-refractivity contribution is 6.07. The van der Waals surface area contributed by atoms with Gasteiger partial charge in [0.05, 0.1) is 17.5 Å². The normalized spacial score (nSPS) is 22.7. The molecule has 1 aliphatic rings. The Kier molecular flexibility index (Phi) is 5.68. The number of halogens is 1. The number of carbonyl (C=O) groups excluding carboxylic acids is 1. The molecule has 6 heteroatoms. The minimum atomic E-state index is -1.76. The average Bonchev–Trinajstić information content (AvgIpc) is 2.64. The number of aliphatic imine (C=N–C) groups is 1. The third-order valence-electron chi connectivity index (χ3n) is 5.01. The number of aromatic nitrogens is 1. The van der Waals surface area contributed by atoms with E-state index in [0.29, 0.717) is 16.9 Å². The molecule has 0 radical (unpaired) electrons. The van der Waals surface area contributed by atoms with Crippen LogP contribution >= 0.6 is 0 Å². The summed E-state index contributed by atoms with van der Waals surface area (Å²) in [4.78, 5) is 20.6. The lowest BCUT2D eigenvalue weighted by molar-refractivity contribution is -0.127. The quantitative estimate of drug-likeness (QED) is 0.644. The average molecular weight is 379 g/mol. The maximum Gasteiger partial charge on any atom is 0.178 e. The van der Waals surface area contributed by atoms with Crippen LogP contribution in [-0.4, -0.2) is 28.6 Å². The maximum absolute atomic E-state index is 14.1. The van der Waals surface area contributed by atoms with Crippen molar-refractivity contribution in [3.63, 3.8) is 0 Å². The molecular formula is C22H22FN3O2. The Hall–Kier alpha value is -3.09. The Balaban J connectivity index is 2.86. The van der Waals surface area contributed by atoms with Crippen molar-refractivity contribution in [3.8, 4) is 18.4 Å². The first-order valence-electron chi connectivity index (χ1n) is 8.68. The summed E-state index contributed by atoms with van der Waals surface area (Å²) < 4.78 is 14.1. The predicted molar refractivity (Wildman–Crippen MR) is 106 cm³/mol. The van der Waals surface area contributed by atoms with Crippen LogP contribution in [0.15, 0.2) is 34.5 Å². The molecule has 144 valence electrons. The Bertz CT molecular complexity index is 1020. The van der Waals surface area contributed by atoms with Gasteiger partial charge in [0.2, 0.25) is 0 Å². The number of pyridine rings is 1. The van der Waals surface area contributed by atoms with Gasteiger partial charge in [0.15, 0.2) is 5.78 Å². The standard InChI is InChI=1S/C22H22FN3O2/c1-7-17(13(2)14(3)25-6)18-8-16(23)11-26-19(18)22(28)9-15(10-24)20(27)21(4,5)12-22/h1,8-9,11,28H,12H2,2-6H3/b17-13+,25-14-. The Morgan fingerprint density at radius 1 is 1.43 bits per heavy atom. The first kappa shape index (κ1) is 21.2. The molecule has 0 aromatic carbocycles. The zero-order chi connectivity index (χ0) is 21.3. The Labute approximate surface area is 164 Å². The largest absolute Gasteiger partial charge is 0.379 e. The highest BCUT2D eigenvalue weighted by atomic mass is 19.1. The molecule has 1 atom stereocenters. The smallest absolute Gasteiger partial charge is 0.178 e. The summed E-state index contributed by atoms with van der Waals surface area (Å²) in [5.74, 6) is 1.56. The van der Waals surface area contributed by atoms with Crippen molar-refractivity contribution in [1.29, 1.82) is 5.26 Å². The number of carbonyl (C=O) groups is 1. The van der Waals surface area contributed by atoms with Crippen LogP contribution in [0.5, 0.6) is 0 Å². The van der Waals surface area contributed by atoms with Crippen LogP contribution in [0.2, 0.25) is 0 Å². The van der Waals surface area contributed by atoms with Crippen LogP contribution in [-0.2, 0) is 10.4 Å². The van der Waals surface area contributed by atoms with Crippen molar-refractivity contribution >= 4 is 17.1 Å². The summed E-state index contributed by atoms with van der Waals surface area (Å²) in [6.07, 6.45) is 7.85. The van der Waals surface area contributed by atoms with E-state index >= 15 is 0 Å². The fraction of sp³-hybridized carbons (Fsp3) is 0.364. The van der Waals surface area contributed by atoms with E-state index in [2.05, 4.69) is 15.9 Å². The molecule has 1 aromatic heterocycles. The van der Waals surface area contributed by atoms with Crippen LogP contribution in [0.3, 0.4) is 0 Å². The SMILES string of the molecule is C#C/C(=C(C)\C(C)=N/C)c1cc(F)cnc1C1(O)C=C(C#N)C(=O)C(C)(C)C1. The second kappa shape index (κ2) is 7.50. The first-order valence-corrected chi connectivity index (χ1v) is 8.68. The number of Topliss-reactive ketones (excluding diaryl/α,β-unsaturated/α-hetero) is 1. The Morgan fingerprint density at radius 3 is 2.61 bits per heavy atom. The molecule has 0 spiro atoms. The summed E-state index contributed by atoms with van der Waals surface area (Å²) in [7, 11) is 1.61. The van der Waals surface area contributed by atoms with Crippen molar-refractivity contribution < 1.29 is 14.3 Å².